The normalized spacial score (nSPS) is 10.9. The van der Waals surface area contributed by atoms with Gasteiger partial charge < -0.3 is 10.6 Å². The number of carbonyl (C=O) groups excluding carboxylic acids is 1. The SMILES string of the molecule is O=C(Nc1cccc(-c2nn3ccccc3c2-c2ccnc(Nc3ccccc3)n2)c1)c1ccc(Cl)cc1. The van der Waals surface area contributed by atoms with E-state index in [1.165, 1.54) is 0 Å². The molecule has 6 rings (SSSR count). The van der Waals surface area contributed by atoms with Crippen molar-refractivity contribution in [3.05, 3.63) is 126 Å². The fourth-order valence-electron chi connectivity index (χ4n) is 4.21. The van der Waals surface area contributed by atoms with Crippen LogP contribution < -0.4 is 10.6 Å². The number of amides is 1. The number of hydrogen-bond donors (Lipinski definition) is 2. The molecule has 3 heterocycles. The molecule has 6 aromatic rings. The van der Waals surface area contributed by atoms with Crippen molar-refractivity contribution in [2.24, 2.45) is 0 Å². The van der Waals surface area contributed by atoms with Crippen molar-refractivity contribution in [3.63, 3.8) is 0 Å². The Hall–Kier alpha value is -5.01. The van der Waals surface area contributed by atoms with Gasteiger partial charge in [-0.25, -0.2) is 14.5 Å². The highest BCUT2D eigenvalue weighted by Crippen LogP contribution is 2.35. The summed E-state index contributed by atoms with van der Waals surface area (Å²) < 4.78 is 1.83. The van der Waals surface area contributed by atoms with Crippen LogP contribution in [0.1, 0.15) is 10.4 Å². The fraction of sp³-hybridized carbons (Fsp3) is 0. The topological polar surface area (TPSA) is 84.2 Å². The van der Waals surface area contributed by atoms with Crippen molar-refractivity contribution in [1.29, 1.82) is 0 Å². The Morgan fingerprint density at radius 3 is 2.45 bits per heavy atom. The average molecular weight is 517 g/mol. The third-order valence-corrected chi connectivity index (χ3v) is 6.23. The summed E-state index contributed by atoms with van der Waals surface area (Å²) in [5, 5.41) is 11.7. The number of benzene rings is 3. The molecule has 0 saturated carbocycles. The Morgan fingerprint density at radius 2 is 1.61 bits per heavy atom. The van der Waals surface area contributed by atoms with Gasteiger partial charge in [-0.1, -0.05) is 48.0 Å². The molecule has 0 spiro atoms. The molecule has 3 aromatic carbocycles. The molecule has 0 fully saturated rings. The van der Waals surface area contributed by atoms with Crippen LogP contribution in [-0.4, -0.2) is 25.5 Å². The summed E-state index contributed by atoms with van der Waals surface area (Å²) in [7, 11) is 0. The van der Waals surface area contributed by atoms with Crippen LogP contribution in [0.2, 0.25) is 5.02 Å². The van der Waals surface area contributed by atoms with Crippen molar-refractivity contribution < 1.29 is 4.79 Å². The smallest absolute Gasteiger partial charge is 0.255 e. The summed E-state index contributed by atoms with van der Waals surface area (Å²) in [6.07, 6.45) is 3.63. The van der Waals surface area contributed by atoms with Gasteiger partial charge in [-0.2, -0.15) is 5.10 Å². The van der Waals surface area contributed by atoms with Gasteiger partial charge in [-0.15, -0.1) is 0 Å². The first kappa shape index (κ1) is 23.4. The molecule has 0 aliphatic carbocycles. The maximum absolute atomic E-state index is 12.8. The van der Waals surface area contributed by atoms with Gasteiger partial charge in [0.25, 0.3) is 5.91 Å². The molecule has 0 bridgehead atoms. The molecule has 2 N–H and O–H groups in total. The molecule has 0 saturated heterocycles. The van der Waals surface area contributed by atoms with Gasteiger partial charge in [-0.05, 0) is 66.7 Å². The van der Waals surface area contributed by atoms with Gasteiger partial charge in [0, 0.05) is 39.9 Å². The van der Waals surface area contributed by atoms with Crippen LogP contribution in [0.15, 0.2) is 116 Å². The zero-order valence-corrected chi connectivity index (χ0v) is 20.8. The zero-order chi connectivity index (χ0) is 25.9. The second-order valence-electron chi connectivity index (χ2n) is 8.55. The molecule has 0 radical (unpaired) electrons. The molecule has 184 valence electrons. The molecular formula is C30H21ClN6O. The van der Waals surface area contributed by atoms with Crippen LogP contribution in [0.5, 0.6) is 0 Å². The second kappa shape index (κ2) is 10.2. The Labute approximate surface area is 223 Å². The second-order valence-corrected chi connectivity index (χ2v) is 8.99. The molecule has 38 heavy (non-hydrogen) atoms. The van der Waals surface area contributed by atoms with Crippen LogP contribution in [0.4, 0.5) is 17.3 Å². The molecule has 3 aromatic heterocycles. The van der Waals surface area contributed by atoms with E-state index in [0.29, 0.717) is 22.2 Å². The van der Waals surface area contributed by atoms with Crippen molar-refractivity contribution in [3.8, 4) is 22.5 Å². The number of nitrogens with zero attached hydrogens (tertiary/aromatic N) is 4. The summed E-state index contributed by atoms with van der Waals surface area (Å²) in [5.41, 5.74) is 6.15. The van der Waals surface area contributed by atoms with Gasteiger partial charge in [0.05, 0.1) is 16.8 Å². The van der Waals surface area contributed by atoms with Gasteiger partial charge in [-0.3, -0.25) is 4.79 Å². The Morgan fingerprint density at radius 1 is 0.816 bits per heavy atom. The number of para-hydroxylation sites is 1. The average Bonchev–Trinajstić information content (AvgIpc) is 3.34. The molecule has 0 aliphatic rings. The molecule has 0 unspecified atom stereocenters. The van der Waals surface area contributed by atoms with E-state index in [0.717, 1.165) is 33.7 Å². The van der Waals surface area contributed by atoms with E-state index < -0.39 is 0 Å². The first-order valence-corrected chi connectivity index (χ1v) is 12.3. The molecule has 8 heteroatoms. The highest BCUT2D eigenvalue weighted by molar-refractivity contribution is 6.30. The van der Waals surface area contributed by atoms with Gasteiger partial charge in [0.1, 0.15) is 5.69 Å². The molecule has 0 aliphatic heterocycles. The van der Waals surface area contributed by atoms with Crippen LogP contribution in [0.3, 0.4) is 0 Å². The van der Waals surface area contributed by atoms with E-state index in [1.807, 2.05) is 89.6 Å². The largest absolute Gasteiger partial charge is 0.324 e. The van der Waals surface area contributed by atoms with E-state index in [1.54, 1.807) is 30.5 Å². The maximum Gasteiger partial charge on any atom is 0.255 e. The van der Waals surface area contributed by atoms with Crippen LogP contribution in [0.25, 0.3) is 28.0 Å². The van der Waals surface area contributed by atoms with Crippen molar-refractivity contribution in [1.82, 2.24) is 19.6 Å². The van der Waals surface area contributed by atoms with Crippen LogP contribution in [-0.2, 0) is 0 Å². The Bertz CT molecular complexity index is 1750. The highest BCUT2D eigenvalue weighted by Gasteiger charge is 2.19. The zero-order valence-electron chi connectivity index (χ0n) is 20.0. The lowest BCUT2D eigenvalue weighted by Gasteiger charge is -2.09. The van der Waals surface area contributed by atoms with Gasteiger partial charge >= 0.3 is 0 Å². The number of nitrogens with one attached hydrogen (secondary N) is 2. The summed E-state index contributed by atoms with van der Waals surface area (Å²) in [4.78, 5) is 22.0. The lowest BCUT2D eigenvalue weighted by Crippen LogP contribution is -2.11. The predicted octanol–water partition coefficient (Wildman–Crippen LogP) is 7.11. The number of fused-ring (bicyclic) bond motifs is 1. The quantitative estimate of drug-likeness (QED) is 0.246. The van der Waals surface area contributed by atoms with Gasteiger partial charge in [0.15, 0.2) is 0 Å². The maximum atomic E-state index is 12.8. The number of halogens is 1. The minimum Gasteiger partial charge on any atom is -0.324 e. The van der Waals surface area contributed by atoms with Crippen LogP contribution in [0, 0.1) is 0 Å². The van der Waals surface area contributed by atoms with Gasteiger partial charge in [0.2, 0.25) is 5.95 Å². The first-order chi connectivity index (χ1) is 18.6. The van der Waals surface area contributed by atoms with E-state index in [4.69, 9.17) is 21.7 Å². The number of aromatic nitrogens is 4. The molecule has 7 nitrogen and oxygen atoms in total. The summed E-state index contributed by atoms with van der Waals surface area (Å²) in [6, 6.07) is 31.9. The summed E-state index contributed by atoms with van der Waals surface area (Å²) in [6.45, 7) is 0. The van der Waals surface area contributed by atoms with E-state index in [-0.39, 0.29) is 5.91 Å². The summed E-state index contributed by atoms with van der Waals surface area (Å²) in [5.74, 6) is 0.264. The standard InChI is InChI=1S/C30H21ClN6O/c31-22-14-12-20(13-15-22)29(38)33-24-10-6-7-21(19-24)28-27(26-11-4-5-18-37(26)36-28)25-16-17-32-30(35-25)34-23-8-2-1-3-9-23/h1-19H,(H,33,38)(H,32,34,35). The predicted molar refractivity (Wildman–Crippen MR) is 151 cm³/mol. The fourth-order valence-corrected chi connectivity index (χ4v) is 4.34. The minimum absolute atomic E-state index is 0.221. The van der Waals surface area contributed by atoms with E-state index >= 15 is 0 Å². The summed E-state index contributed by atoms with van der Waals surface area (Å²) >= 11 is 5.96. The Balaban J connectivity index is 1.39. The van der Waals surface area contributed by atoms with Crippen molar-refractivity contribution in [2.45, 2.75) is 0 Å². The van der Waals surface area contributed by atoms with Crippen molar-refractivity contribution >= 4 is 40.3 Å². The number of pyridine rings is 1. The monoisotopic (exact) mass is 516 g/mol. The number of anilines is 3. The molecule has 0 atom stereocenters. The van der Waals surface area contributed by atoms with E-state index in [9.17, 15) is 4.79 Å². The van der Waals surface area contributed by atoms with Crippen LogP contribution >= 0.6 is 11.6 Å². The number of hydrogen-bond acceptors (Lipinski definition) is 5. The third kappa shape index (κ3) is 4.83. The Kier molecular flexibility index (Phi) is 6.25. The lowest BCUT2D eigenvalue weighted by atomic mass is 10.0. The number of rotatable bonds is 6. The molecular weight excluding hydrogens is 496 g/mol. The highest BCUT2D eigenvalue weighted by atomic mass is 35.5. The minimum atomic E-state index is -0.221. The van der Waals surface area contributed by atoms with E-state index in [2.05, 4.69) is 15.6 Å². The number of carbonyl (C=O) groups is 1. The lowest BCUT2D eigenvalue weighted by molar-refractivity contribution is 0.102. The van der Waals surface area contributed by atoms with Crippen molar-refractivity contribution in [2.75, 3.05) is 10.6 Å². The molecule has 1 amide bonds. The first-order valence-electron chi connectivity index (χ1n) is 11.9. The third-order valence-electron chi connectivity index (χ3n) is 5.98.